The quantitative estimate of drug-likeness (QED) is 0.567. The van der Waals surface area contributed by atoms with Crippen LogP contribution < -0.4 is 4.74 Å². The van der Waals surface area contributed by atoms with Crippen LogP contribution in [0.4, 0.5) is 0 Å². The van der Waals surface area contributed by atoms with Gasteiger partial charge in [0.15, 0.2) is 22.9 Å². The third kappa shape index (κ3) is 3.18. The summed E-state index contributed by atoms with van der Waals surface area (Å²) in [4.78, 5) is 16.3. The highest BCUT2D eigenvalue weighted by Gasteiger charge is 2.78. The fraction of sp³-hybridized carbons (Fsp3) is 0.581. The summed E-state index contributed by atoms with van der Waals surface area (Å²) in [7, 11) is 0. The molecule has 1 saturated carbocycles. The average Bonchev–Trinajstić information content (AvgIpc) is 3.51. The molecule has 3 aliphatic heterocycles. The highest BCUT2D eigenvalue weighted by Crippen LogP contribution is 2.69. The van der Waals surface area contributed by atoms with Gasteiger partial charge >= 0.3 is 0 Å². The molecule has 6 nitrogen and oxygen atoms in total. The van der Waals surface area contributed by atoms with Crippen molar-refractivity contribution in [3.8, 4) is 11.5 Å². The predicted octanol–water partition coefficient (Wildman–Crippen LogP) is 4.34. The zero-order chi connectivity index (χ0) is 25.3. The molecule has 3 heterocycles. The van der Waals surface area contributed by atoms with E-state index in [0.29, 0.717) is 25.2 Å². The SMILES string of the molecule is CC12Oc3c(O)ccc4c3[C@@]13CCN(CC1CCCO1)C(C4)[C@]3(OCCCc1ccccc1)CCC2=O. The first kappa shape index (κ1) is 23.7. The summed E-state index contributed by atoms with van der Waals surface area (Å²) in [5, 5.41) is 10.9. The monoisotopic (exact) mass is 503 g/mol. The van der Waals surface area contributed by atoms with E-state index in [-0.39, 0.29) is 23.7 Å². The number of carbonyl (C=O) groups excluding carboxylic acids is 1. The van der Waals surface area contributed by atoms with Crippen molar-refractivity contribution in [3.63, 3.8) is 0 Å². The van der Waals surface area contributed by atoms with Crippen LogP contribution in [0, 0.1) is 0 Å². The number of rotatable bonds is 7. The summed E-state index contributed by atoms with van der Waals surface area (Å²) < 4.78 is 19.8. The summed E-state index contributed by atoms with van der Waals surface area (Å²) in [6.07, 6.45) is 7.12. The van der Waals surface area contributed by atoms with E-state index in [9.17, 15) is 9.90 Å². The second-order valence-electron chi connectivity index (χ2n) is 11.8. The van der Waals surface area contributed by atoms with Crippen LogP contribution >= 0.6 is 0 Å². The Morgan fingerprint density at radius 2 is 2.03 bits per heavy atom. The van der Waals surface area contributed by atoms with Gasteiger partial charge in [0.25, 0.3) is 0 Å². The van der Waals surface area contributed by atoms with Crippen LogP contribution in [0.2, 0.25) is 0 Å². The Kier molecular flexibility index (Phi) is 5.47. The van der Waals surface area contributed by atoms with Gasteiger partial charge in [-0.3, -0.25) is 9.69 Å². The van der Waals surface area contributed by atoms with Gasteiger partial charge in [-0.05, 0) is 75.6 Å². The number of Topliss-reactive ketones (excluding diaryl/α,β-unsaturated/α-hetero) is 1. The van der Waals surface area contributed by atoms with Crippen molar-refractivity contribution in [2.75, 3.05) is 26.3 Å². The largest absolute Gasteiger partial charge is 0.504 e. The lowest BCUT2D eigenvalue weighted by Gasteiger charge is -2.67. The van der Waals surface area contributed by atoms with Gasteiger partial charge in [-0.15, -0.1) is 0 Å². The first-order chi connectivity index (χ1) is 18.0. The Balaban J connectivity index is 1.30. The molecule has 2 aromatic rings. The molecule has 196 valence electrons. The molecule has 2 aliphatic carbocycles. The van der Waals surface area contributed by atoms with E-state index in [0.717, 1.165) is 63.8 Å². The van der Waals surface area contributed by atoms with Gasteiger partial charge in [0, 0.05) is 37.8 Å². The number of carbonyl (C=O) groups is 1. The van der Waals surface area contributed by atoms with Gasteiger partial charge in [0.05, 0.1) is 17.1 Å². The molecule has 6 heteroatoms. The molecule has 3 fully saturated rings. The number of piperidine rings is 1. The molecule has 7 rings (SSSR count). The zero-order valence-electron chi connectivity index (χ0n) is 21.7. The maximum Gasteiger partial charge on any atom is 0.177 e. The van der Waals surface area contributed by atoms with E-state index in [2.05, 4.69) is 35.2 Å². The molecule has 0 amide bonds. The lowest BCUT2D eigenvalue weighted by atomic mass is 9.45. The summed E-state index contributed by atoms with van der Waals surface area (Å²) >= 11 is 0. The van der Waals surface area contributed by atoms with Crippen molar-refractivity contribution in [1.82, 2.24) is 4.90 Å². The third-order valence-corrected chi connectivity index (χ3v) is 10.2. The molecular weight excluding hydrogens is 466 g/mol. The molecule has 37 heavy (non-hydrogen) atoms. The second kappa shape index (κ2) is 8.55. The van der Waals surface area contributed by atoms with Gasteiger partial charge in [0.1, 0.15) is 0 Å². The summed E-state index contributed by atoms with van der Waals surface area (Å²) in [6.45, 7) is 5.23. The standard InChI is InChI=1S/C31H37NO5/c1-29-26(34)13-14-31(36-18-5-9-21-7-3-2-4-8-21)25-19-22-11-12-24(33)28(37-29)27(22)30(29,31)15-16-32(25)20-23-10-6-17-35-23/h2-4,7-8,11-12,23,25,33H,5-6,9-10,13-20H2,1H3/t23?,25?,29?,30-,31+/m0/s1. The van der Waals surface area contributed by atoms with Crippen molar-refractivity contribution in [1.29, 1.82) is 0 Å². The number of likely N-dealkylation sites (tertiary alicyclic amines) is 1. The summed E-state index contributed by atoms with van der Waals surface area (Å²) in [5.74, 6) is 0.777. The van der Waals surface area contributed by atoms with Gasteiger partial charge in [-0.1, -0.05) is 36.4 Å². The van der Waals surface area contributed by atoms with Crippen LogP contribution in [-0.2, 0) is 32.5 Å². The minimum absolute atomic E-state index is 0.130. The van der Waals surface area contributed by atoms with Gasteiger partial charge in [-0.25, -0.2) is 0 Å². The van der Waals surface area contributed by atoms with Crippen LogP contribution in [0.25, 0.3) is 0 Å². The minimum Gasteiger partial charge on any atom is -0.504 e. The number of aromatic hydroxyl groups is 1. The minimum atomic E-state index is -1.03. The summed E-state index contributed by atoms with van der Waals surface area (Å²) in [5.41, 5.74) is 1.37. The topological polar surface area (TPSA) is 68.2 Å². The smallest absolute Gasteiger partial charge is 0.177 e. The molecular formula is C31H37NO5. The van der Waals surface area contributed by atoms with E-state index in [1.54, 1.807) is 6.07 Å². The highest BCUT2D eigenvalue weighted by molar-refractivity contribution is 5.94. The molecule has 2 saturated heterocycles. The van der Waals surface area contributed by atoms with E-state index in [4.69, 9.17) is 14.2 Å². The fourth-order valence-electron chi connectivity index (χ4n) is 8.57. The predicted molar refractivity (Wildman–Crippen MR) is 139 cm³/mol. The second-order valence-corrected chi connectivity index (χ2v) is 11.8. The maximum absolute atomic E-state index is 13.7. The Morgan fingerprint density at radius 1 is 1.16 bits per heavy atom. The summed E-state index contributed by atoms with van der Waals surface area (Å²) in [6, 6.07) is 14.5. The van der Waals surface area contributed by atoms with Crippen LogP contribution in [0.3, 0.4) is 0 Å². The van der Waals surface area contributed by atoms with Crippen molar-refractivity contribution in [3.05, 3.63) is 59.2 Å². The molecule has 3 unspecified atom stereocenters. The van der Waals surface area contributed by atoms with Crippen molar-refractivity contribution in [2.45, 2.75) is 87.1 Å². The number of hydrogen-bond donors (Lipinski definition) is 1. The van der Waals surface area contributed by atoms with Gasteiger partial charge < -0.3 is 19.3 Å². The number of nitrogens with zero attached hydrogens (tertiary/aromatic N) is 1. The molecule has 2 aromatic carbocycles. The Labute approximate surface area is 218 Å². The van der Waals surface area contributed by atoms with Gasteiger partial charge in [-0.2, -0.15) is 0 Å². The number of ether oxygens (including phenoxy) is 3. The number of benzene rings is 2. The molecule has 0 aromatic heterocycles. The first-order valence-electron chi connectivity index (χ1n) is 14.1. The number of aryl methyl sites for hydroxylation is 1. The Morgan fingerprint density at radius 3 is 2.84 bits per heavy atom. The van der Waals surface area contributed by atoms with E-state index >= 15 is 0 Å². The van der Waals surface area contributed by atoms with E-state index in [1.807, 2.05) is 13.0 Å². The molecule has 2 bridgehead atoms. The van der Waals surface area contributed by atoms with Gasteiger partial charge in [0.2, 0.25) is 0 Å². The molecule has 1 spiro atoms. The lowest BCUT2D eigenvalue weighted by Crippen LogP contribution is -2.81. The number of phenols is 1. The maximum atomic E-state index is 13.7. The molecule has 0 radical (unpaired) electrons. The van der Waals surface area contributed by atoms with Crippen LogP contribution in [0.15, 0.2) is 42.5 Å². The van der Waals surface area contributed by atoms with Crippen molar-refractivity contribution in [2.24, 2.45) is 0 Å². The number of ketones is 1. The normalized spacial score (nSPS) is 35.9. The van der Waals surface area contributed by atoms with Crippen LogP contribution in [0.1, 0.15) is 62.1 Å². The molecule has 1 N–H and O–H groups in total. The zero-order valence-corrected chi connectivity index (χ0v) is 21.7. The Bertz CT molecular complexity index is 1210. The Hall–Kier alpha value is -2.41. The molecule has 5 aliphatic rings. The first-order valence-corrected chi connectivity index (χ1v) is 14.1. The fourth-order valence-corrected chi connectivity index (χ4v) is 8.57. The lowest BCUT2D eigenvalue weighted by molar-refractivity contribution is -0.233. The average molecular weight is 504 g/mol. The number of phenolic OH excluding ortho intramolecular Hbond substituents is 1. The third-order valence-electron chi connectivity index (χ3n) is 10.2. The van der Waals surface area contributed by atoms with Crippen LogP contribution in [-0.4, -0.2) is 65.4 Å². The van der Waals surface area contributed by atoms with Crippen molar-refractivity contribution >= 4 is 5.78 Å². The van der Waals surface area contributed by atoms with Crippen LogP contribution in [0.5, 0.6) is 11.5 Å². The van der Waals surface area contributed by atoms with Crippen molar-refractivity contribution < 1.29 is 24.1 Å². The van der Waals surface area contributed by atoms with E-state index < -0.39 is 16.6 Å². The molecule has 5 atom stereocenters. The number of hydrogen-bond acceptors (Lipinski definition) is 6. The van der Waals surface area contributed by atoms with E-state index in [1.165, 1.54) is 11.1 Å². The highest BCUT2D eigenvalue weighted by atomic mass is 16.5.